The number of hydrogen-bond donors (Lipinski definition) is 2. The molecule has 0 aliphatic heterocycles. The molecule has 142 valence electrons. The van der Waals surface area contributed by atoms with Crippen LogP contribution in [0.15, 0.2) is 0 Å². The molecule has 1 atom stereocenters. The molecule has 1 aliphatic rings. The van der Waals surface area contributed by atoms with Crippen LogP contribution in [-0.4, -0.2) is 55.1 Å². The third-order valence-electron chi connectivity index (χ3n) is 4.38. The lowest BCUT2D eigenvalue weighted by Gasteiger charge is -2.28. The standard InChI is InChI=1S/C17H27NO7/c1-11(19)14(10-25-16(22)8-7-15(20)21)18-17(23)13-5-3-12(4-6-13)9-24-2/h12-14H,3-10H2,1-2H3,(H,18,23)(H,20,21)/t12?,13?,14-/m0/s1. The summed E-state index contributed by atoms with van der Waals surface area (Å²) >= 11 is 0. The molecule has 2 N–H and O–H groups in total. The van der Waals surface area contributed by atoms with Crippen LogP contribution in [0.1, 0.15) is 45.4 Å². The fraction of sp³-hybridized carbons (Fsp3) is 0.765. The number of Topliss-reactive ketones (excluding diaryl/α,β-unsaturated/α-hetero) is 1. The van der Waals surface area contributed by atoms with E-state index in [0.29, 0.717) is 12.5 Å². The normalized spacial score (nSPS) is 21.2. The minimum Gasteiger partial charge on any atom is -0.481 e. The summed E-state index contributed by atoms with van der Waals surface area (Å²) in [6.45, 7) is 1.72. The van der Waals surface area contributed by atoms with Gasteiger partial charge in [0.25, 0.3) is 0 Å². The Kier molecular flexibility index (Phi) is 9.12. The molecule has 1 rings (SSSR count). The Morgan fingerprint density at radius 1 is 1.12 bits per heavy atom. The van der Waals surface area contributed by atoms with E-state index in [-0.39, 0.29) is 37.1 Å². The number of carboxylic acids is 1. The molecule has 0 aromatic rings. The van der Waals surface area contributed by atoms with Gasteiger partial charge in [-0.2, -0.15) is 0 Å². The third kappa shape index (κ3) is 8.11. The van der Waals surface area contributed by atoms with Gasteiger partial charge in [0.1, 0.15) is 12.6 Å². The number of rotatable bonds is 10. The van der Waals surface area contributed by atoms with E-state index in [0.717, 1.165) is 25.7 Å². The fourth-order valence-corrected chi connectivity index (χ4v) is 2.83. The average molecular weight is 357 g/mol. The van der Waals surface area contributed by atoms with Gasteiger partial charge in [0.05, 0.1) is 12.8 Å². The molecule has 0 spiro atoms. The van der Waals surface area contributed by atoms with Gasteiger partial charge in [0.15, 0.2) is 5.78 Å². The number of methoxy groups -OCH3 is 1. The molecule has 0 unspecified atom stereocenters. The molecular weight excluding hydrogens is 330 g/mol. The highest BCUT2D eigenvalue weighted by atomic mass is 16.5. The first-order valence-electron chi connectivity index (χ1n) is 8.50. The van der Waals surface area contributed by atoms with Crippen LogP contribution in [0.3, 0.4) is 0 Å². The van der Waals surface area contributed by atoms with Crippen molar-refractivity contribution in [1.82, 2.24) is 5.32 Å². The van der Waals surface area contributed by atoms with E-state index >= 15 is 0 Å². The molecule has 1 amide bonds. The van der Waals surface area contributed by atoms with Gasteiger partial charge in [-0.05, 0) is 38.5 Å². The van der Waals surface area contributed by atoms with Gasteiger partial charge in [-0.15, -0.1) is 0 Å². The highest BCUT2D eigenvalue weighted by Crippen LogP contribution is 2.29. The van der Waals surface area contributed by atoms with Crippen molar-refractivity contribution in [3.63, 3.8) is 0 Å². The van der Waals surface area contributed by atoms with Crippen LogP contribution in [0.4, 0.5) is 0 Å². The number of carbonyl (C=O) groups excluding carboxylic acids is 3. The lowest BCUT2D eigenvalue weighted by Crippen LogP contribution is -2.46. The van der Waals surface area contributed by atoms with E-state index in [1.54, 1.807) is 7.11 Å². The Morgan fingerprint density at radius 3 is 2.28 bits per heavy atom. The van der Waals surface area contributed by atoms with E-state index in [9.17, 15) is 19.2 Å². The van der Waals surface area contributed by atoms with Gasteiger partial charge in [0.2, 0.25) is 5.91 Å². The van der Waals surface area contributed by atoms with Crippen LogP contribution in [0.25, 0.3) is 0 Å². The SMILES string of the molecule is COCC1CCC(C(=O)N[C@@H](COC(=O)CCC(=O)O)C(C)=O)CC1. The molecule has 0 saturated heterocycles. The lowest BCUT2D eigenvalue weighted by atomic mass is 9.82. The van der Waals surface area contributed by atoms with Crippen molar-refractivity contribution in [2.45, 2.75) is 51.5 Å². The summed E-state index contributed by atoms with van der Waals surface area (Å²) in [5.74, 6) is -2.02. The summed E-state index contributed by atoms with van der Waals surface area (Å²) in [4.78, 5) is 45.8. The van der Waals surface area contributed by atoms with Crippen LogP contribution in [0.5, 0.6) is 0 Å². The molecule has 0 radical (unpaired) electrons. The van der Waals surface area contributed by atoms with Gasteiger partial charge < -0.3 is 19.9 Å². The number of ether oxygens (including phenoxy) is 2. The van der Waals surface area contributed by atoms with Gasteiger partial charge in [0, 0.05) is 19.6 Å². The van der Waals surface area contributed by atoms with E-state index in [2.05, 4.69) is 5.32 Å². The number of amides is 1. The maximum Gasteiger partial charge on any atom is 0.306 e. The quantitative estimate of drug-likeness (QED) is 0.558. The fourth-order valence-electron chi connectivity index (χ4n) is 2.83. The molecule has 0 heterocycles. The minimum atomic E-state index is -1.10. The zero-order chi connectivity index (χ0) is 18.8. The number of ketones is 1. The smallest absolute Gasteiger partial charge is 0.306 e. The zero-order valence-corrected chi connectivity index (χ0v) is 14.8. The summed E-state index contributed by atoms with van der Waals surface area (Å²) in [7, 11) is 1.66. The predicted octanol–water partition coefficient (Wildman–Crippen LogP) is 0.921. The van der Waals surface area contributed by atoms with E-state index in [1.807, 2.05) is 0 Å². The van der Waals surface area contributed by atoms with Crippen molar-refractivity contribution in [2.75, 3.05) is 20.3 Å². The summed E-state index contributed by atoms with van der Waals surface area (Å²) in [5.41, 5.74) is 0. The predicted molar refractivity (Wildman–Crippen MR) is 87.8 cm³/mol. The molecule has 1 saturated carbocycles. The van der Waals surface area contributed by atoms with Gasteiger partial charge in [-0.25, -0.2) is 0 Å². The van der Waals surface area contributed by atoms with Crippen LogP contribution in [-0.2, 0) is 28.7 Å². The summed E-state index contributed by atoms with van der Waals surface area (Å²) in [6, 6.07) is -0.905. The Hall–Kier alpha value is -1.96. The molecule has 8 nitrogen and oxygen atoms in total. The number of carbonyl (C=O) groups is 4. The molecule has 1 aliphatic carbocycles. The third-order valence-corrected chi connectivity index (χ3v) is 4.38. The number of nitrogens with one attached hydrogen (secondary N) is 1. The van der Waals surface area contributed by atoms with Gasteiger partial charge in [-0.1, -0.05) is 0 Å². The van der Waals surface area contributed by atoms with Crippen LogP contribution in [0, 0.1) is 11.8 Å². The maximum absolute atomic E-state index is 12.3. The molecule has 0 aromatic heterocycles. The second-order valence-electron chi connectivity index (χ2n) is 6.42. The topological polar surface area (TPSA) is 119 Å². The summed E-state index contributed by atoms with van der Waals surface area (Å²) < 4.78 is 10.0. The number of carboxylic acid groups (broad SMARTS) is 1. The van der Waals surface area contributed by atoms with E-state index in [1.165, 1.54) is 6.92 Å². The minimum absolute atomic E-state index is 0.155. The van der Waals surface area contributed by atoms with Crippen LogP contribution in [0.2, 0.25) is 0 Å². The zero-order valence-electron chi connectivity index (χ0n) is 14.8. The Bertz CT molecular complexity index is 483. The highest BCUT2D eigenvalue weighted by molar-refractivity contribution is 5.88. The van der Waals surface area contributed by atoms with Crippen molar-refractivity contribution in [3.05, 3.63) is 0 Å². The van der Waals surface area contributed by atoms with Crippen molar-refractivity contribution in [1.29, 1.82) is 0 Å². The van der Waals surface area contributed by atoms with Crippen molar-refractivity contribution in [2.24, 2.45) is 11.8 Å². The first kappa shape index (κ1) is 21.1. The lowest BCUT2D eigenvalue weighted by molar-refractivity contribution is -0.149. The monoisotopic (exact) mass is 357 g/mol. The van der Waals surface area contributed by atoms with Gasteiger partial charge in [-0.3, -0.25) is 19.2 Å². The van der Waals surface area contributed by atoms with Gasteiger partial charge >= 0.3 is 11.9 Å². The van der Waals surface area contributed by atoms with Crippen LogP contribution < -0.4 is 5.32 Å². The average Bonchev–Trinajstić information content (AvgIpc) is 2.57. The Balaban J connectivity index is 2.41. The first-order valence-corrected chi connectivity index (χ1v) is 8.50. The largest absolute Gasteiger partial charge is 0.481 e. The maximum atomic E-state index is 12.3. The van der Waals surface area contributed by atoms with Crippen LogP contribution >= 0.6 is 0 Å². The molecule has 1 fully saturated rings. The number of esters is 1. The Morgan fingerprint density at radius 2 is 1.76 bits per heavy atom. The Labute approximate surface area is 147 Å². The molecular formula is C17H27NO7. The summed E-state index contributed by atoms with van der Waals surface area (Å²) in [5, 5.41) is 11.2. The van der Waals surface area contributed by atoms with Crippen molar-refractivity contribution < 1.29 is 33.8 Å². The second-order valence-corrected chi connectivity index (χ2v) is 6.42. The highest BCUT2D eigenvalue weighted by Gasteiger charge is 2.29. The van der Waals surface area contributed by atoms with E-state index in [4.69, 9.17) is 14.6 Å². The summed E-state index contributed by atoms with van der Waals surface area (Å²) in [6.07, 6.45) is 2.69. The molecule has 0 aromatic carbocycles. The number of hydrogen-bond acceptors (Lipinski definition) is 6. The van der Waals surface area contributed by atoms with Crippen molar-refractivity contribution in [3.8, 4) is 0 Å². The molecule has 0 bridgehead atoms. The molecule has 8 heteroatoms. The first-order chi connectivity index (χ1) is 11.8. The second kappa shape index (κ2) is 10.8. The number of aliphatic carboxylic acids is 1. The van der Waals surface area contributed by atoms with Crippen molar-refractivity contribution >= 4 is 23.6 Å². The molecule has 25 heavy (non-hydrogen) atoms. The van der Waals surface area contributed by atoms with E-state index < -0.39 is 18.0 Å².